The molecule has 0 saturated carbocycles. The van der Waals surface area contributed by atoms with Crippen molar-refractivity contribution in [3.8, 4) is 0 Å². The van der Waals surface area contributed by atoms with Gasteiger partial charge in [0.15, 0.2) is 0 Å². The van der Waals surface area contributed by atoms with E-state index in [9.17, 15) is 9.59 Å². The number of ether oxygens (including phenoxy) is 1. The first-order valence-electron chi connectivity index (χ1n) is 6.18. The Balaban J connectivity index is 1.77. The molecular formula is C14H17NO3. The smallest absolute Gasteiger partial charge is 0.320 e. The van der Waals surface area contributed by atoms with Crippen molar-refractivity contribution in [2.24, 2.45) is 0 Å². The summed E-state index contributed by atoms with van der Waals surface area (Å²) < 4.78 is 5.19. The minimum Gasteiger partial charge on any atom is -0.460 e. The Labute approximate surface area is 107 Å². The van der Waals surface area contributed by atoms with Gasteiger partial charge in [-0.15, -0.1) is 0 Å². The van der Waals surface area contributed by atoms with E-state index in [1.807, 2.05) is 35.2 Å². The summed E-state index contributed by atoms with van der Waals surface area (Å²) in [6.45, 7) is 1.29. The SMILES string of the molecule is O=CC1CCCN1CC(=O)OCc1ccccc1. The summed E-state index contributed by atoms with van der Waals surface area (Å²) in [5.74, 6) is -0.271. The van der Waals surface area contributed by atoms with Crippen molar-refractivity contribution >= 4 is 12.3 Å². The van der Waals surface area contributed by atoms with Crippen LogP contribution in [0.2, 0.25) is 0 Å². The molecule has 2 rings (SSSR count). The maximum Gasteiger partial charge on any atom is 0.320 e. The van der Waals surface area contributed by atoms with Crippen LogP contribution >= 0.6 is 0 Å². The third-order valence-corrected chi connectivity index (χ3v) is 3.15. The van der Waals surface area contributed by atoms with Crippen LogP contribution in [0.1, 0.15) is 18.4 Å². The summed E-state index contributed by atoms with van der Waals surface area (Å²) in [4.78, 5) is 24.3. The zero-order valence-corrected chi connectivity index (χ0v) is 10.2. The maximum absolute atomic E-state index is 11.7. The van der Waals surface area contributed by atoms with E-state index in [-0.39, 0.29) is 18.6 Å². The Morgan fingerprint density at radius 1 is 1.39 bits per heavy atom. The lowest BCUT2D eigenvalue weighted by Gasteiger charge is -2.18. The third-order valence-electron chi connectivity index (χ3n) is 3.15. The number of hydrogen-bond acceptors (Lipinski definition) is 4. The van der Waals surface area contributed by atoms with E-state index < -0.39 is 0 Å². The van der Waals surface area contributed by atoms with Gasteiger partial charge in [-0.1, -0.05) is 30.3 Å². The number of hydrogen-bond donors (Lipinski definition) is 0. The van der Waals surface area contributed by atoms with Crippen molar-refractivity contribution in [2.75, 3.05) is 13.1 Å². The first-order valence-corrected chi connectivity index (χ1v) is 6.18. The fourth-order valence-corrected chi connectivity index (χ4v) is 2.15. The van der Waals surface area contributed by atoms with Gasteiger partial charge in [0.05, 0.1) is 12.6 Å². The topological polar surface area (TPSA) is 46.6 Å². The number of benzene rings is 1. The molecule has 0 amide bonds. The van der Waals surface area contributed by atoms with Gasteiger partial charge in [0, 0.05) is 0 Å². The zero-order valence-electron chi connectivity index (χ0n) is 10.2. The lowest BCUT2D eigenvalue weighted by atomic mass is 10.2. The number of nitrogens with zero attached hydrogens (tertiary/aromatic N) is 1. The molecule has 0 radical (unpaired) electrons. The second-order valence-corrected chi connectivity index (χ2v) is 4.46. The van der Waals surface area contributed by atoms with Gasteiger partial charge in [-0.25, -0.2) is 0 Å². The average molecular weight is 247 g/mol. The molecule has 1 aliphatic rings. The summed E-state index contributed by atoms with van der Waals surface area (Å²) in [5, 5.41) is 0. The Bertz CT molecular complexity index is 405. The first-order chi connectivity index (χ1) is 8.79. The predicted molar refractivity (Wildman–Crippen MR) is 66.9 cm³/mol. The van der Waals surface area contributed by atoms with Crippen molar-refractivity contribution in [3.05, 3.63) is 35.9 Å². The van der Waals surface area contributed by atoms with Crippen molar-refractivity contribution in [2.45, 2.75) is 25.5 Å². The Hall–Kier alpha value is -1.68. The van der Waals surface area contributed by atoms with E-state index in [0.29, 0.717) is 6.61 Å². The van der Waals surface area contributed by atoms with Gasteiger partial charge in [0.2, 0.25) is 0 Å². The average Bonchev–Trinajstić information content (AvgIpc) is 2.85. The molecule has 4 nitrogen and oxygen atoms in total. The molecular weight excluding hydrogens is 230 g/mol. The normalized spacial score (nSPS) is 19.7. The van der Waals surface area contributed by atoms with Crippen LogP contribution in [0.4, 0.5) is 0 Å². The highest BCUT2D eigenvalue weighted by atomic mass is 16.5. The van der Waals surface area contributed by atoms with Crippen molar-refractivity contribution in [1.82, 2.24) is 4.90 Å². The lowest BCUT2D eigenvalue weighted by molar-refractivity contribution is -0.146. The summed E-state index contributed by atoms with van der Waals surface area (Å²) >= 11 is 0. The molecule has 96 valence electrons. The minimum atomic E-state index is -0.271. The molecule has 18 heavy (non-hydrogen) atoms. The molecule has 0 N–H and O–H groups in total. The van der Waals surface area contributed by atoms with Crippen LogP contribution in [0.5, 0.6) is 0 Å². The van der Waals surface area contributed by atoms with Gasteiger partial charge in [0.25, 0.3) is 0 Å². The van der Waals surface area contributed by atoms with Crippen LogP contribution in [-0.2, 0) is 20.9 Å². The van der Waals surface area contributed by atoms with Crippen molar-refractivity contribution in [1.29, 1.82) is 0 Å². The van der Waals surface area contributed by atoms with Crippen LogP contribution in [0.15, 0.2) is 30.3 Å². The third kappa shape index (κ3) is 3.40. The Kier molecular flexibility index (Phi) is 4.47. The molecule has 0 bridgehead atoms. The van der Waals surface area contributed by atoms with E-state index in [1.54, 1.807) is 0 Å². The Morgan fingerprint density at radius 3 is 2.89 bits per heavy atom. The number of aldehydes is 1. The molecule has 0 aromatic heterocycles. The Morgan fingerprint density at radius 2 is 2.17 bits per heavy atom. The molecule has 1 unspecified atom stereocenters. The van der Waals surface area contributed by atoms with E-state index in [4.69, 9.17) is 4.74 Å². The number of rotatable bonds is 5. The minimum absolute atomic E-state index is 0.116. The number of esters is 1. The molecule has 0 aliphatic carbocycles. The summed E-state index contributed by atoms with van der Waals surface area (Å²) in [6.07, 6.45) is 2.72. The van der Waals surface area contributed by atoms with Crippen LogP contribution in [-0.4, -0.2) is 36.3 Å². The van der Waals surface area contributed by atoms with E-state index in [0.717, 1.165) is 31.2 Å². The van der Waals surface area contributed by atoms with E-state index >= 15 is 0 Å². The number of carbonyl (C=O) groups excluding carboxylic acids is 2. The highest BCUT2D eigenvalue weighted by Gasteiger charge is 2.25. The maximum atomic E-state index is 11.7. The zero-order chi connectivity index (χ0) is 12.8. The monoisotopic (exact) mass is 247 g/mol. The van der Waals surface area contributed by atoms with Crippen LogP contribution in [0.3, 0.4) is 0 Å². The molecule has 1 aliphatic heterocycles. The first kappa shape index (κ1) is 12.8. The van der Waals surface area contributed by atoms with Crippen molar-refractivity contribution in [3.63, 3.8) is 0 Å². The summed E-state index contributed by atoms with van der Waals surface area (Å²) in [6, 6.07) is 9.45. The van der Waals surface area contributed by atoms with Crippen LogP contribution < -0.4 is 0 Å². The standard InChI is InChI=1S/C14H17NO3/c16-10-13-7-4-8-15(13)9-14(17)18-11-12-5-2-1-3-6-12/h1-3,5-6,10,13H,4,7-9,11H2. The van der Waals surface area contributed by atoms with Gasteiger partial charge >= 0.3 is 5.97 Å². The number of carbonyl (C=O) groups is 2. The van der Waals surface area contributed by atoms with E-state index in [2.05, 4.69) is 0 Å². The molecule has 1 saturated heterocycles. The highest BCUT2D eigenvalue weighted by Crippen LogP contribution is 2.14. The largest absolute Gasteiger partial charge is 0.460 e. The molecule has 1 fully saturated rings. The number of likely N-dealkylation sites (tertiary alicyclic amines) is 1. The van der Waals surface area contributed by atoms with Crippen molar-refractivity contribution < 1.29 is 14.3 Å². The predicted octanol–water partition coefficient (Wildman–Crippen LogP) is 1.39. The van der Waals surface area contributed by atoms with E-state index in [1.165, 1.54) is 0 Å². The molecule has 0 spiro atoms. The fourth-order valence-electron chi connectivity index (χ4n) is 2.15. The van der Waals surface area contributed by atoms with Gasteiger partial charge in [0.1, 0.15) is 12.9 Å². The van der Waals surface area contributed by atoms with Gasteiger partial charge < -0.3 is 9.53 Å². The molecule has 1 aromatic rings. The highest BCUT2D eigenvalue weighted by molar-refractivity contribution is 5.72. The summed E-state index contributed by atoms with van der Waals surface area (Å²) in [7, 11) is 0. The quantitative estimate of drug-likeness (QED) is 0.583. The van der Waals surface area contributed by atoms with Gasteiger partial charge in [-0.05, 0) is 24.9 Å². The molecule has 1 aromatic carbocycles. The second kappa shape index (κ2) is 6.31. The molecule has 1 heterocycles. The fraction of sp³-hybridized carbons (Fsp3) is 0.429. The van der Waals surface area contributed by atoms with Gasteiger partial charge in [-0.3, -0.25) is 9.69 Å². The van der Waals surface area contributed by atoms with Gasteiger partial charge in [-0.2, -0.15) is 0 Å². The summed E-state index contributed by atoms with van der Waals surface area (Å²) in [5.41, 5.74) is 0.971. The van der Waals surface area contributed by atoms with Crippen LogP contribution in [0, 0.1) is 0 Å². The molecule has 4 heteroatoms. The van der Waals surface area contributed by atoms with Crippen LogP contribution in [0.25, 0.3) is 0 Å². The molecule has 1 atom stereocenters. The second-order valence-electron chi connectivity index (χ2n) is 4.46. The lowest BCUT2D eigenvalue weighted by Crippen LogP contribution is -2.35.